The summed E-state index contributed by atoms with van der Waals surface area (Å²) in [6, 6.07) is 10.8. The van der Waals surface area contributed by atoms with Gasteiger partial charge in [-0.05, 0) is 57.4 Å². The Hall–Kier alpha value is -2.50. The van der Waals surface area contributed by atoms with Gasteiger partial charge in [0.05, 0.1) is 5.69 Å². The summed E-state index contributed by atoms with van der Waals surface area (Å²) in [7, 11) is 4.12. The summed E-state index contributed by atoms with van der Waals surface area (Å²) >= 11 is 0. The van der Waals surface area contributed by atoms with Crippen LogP contribution in [-0.2, 0) is 13.0 Å². The van der Waals surface area contributed by atoms with Gasteiger partial charge >= 0.3 is 0 Å². The molecule has 0 aliphatic rings. The minimum absolute atomic E-state index is 0.783. The zero-order valence-electron chi connectivity index (χ0n) is 17.4. The van der Waals surface area contributed by atoms with Gasteiger partial charge < -0.3 is 15.5 Å². The topological polar surface area (TPSA) is 57.5 Å². The second kappa shape index (κ2) is 10.6. The molecule has 0 saturated heterocycles. The van der Waals surface area contributed by atoms with Gasteiger partial charge in [-0.3, -0.25) is 9.67 Å². The highest BCUT2D eigenvalue weighted by atomic mass is 15.3. The summed E-state index contributed by atoms with van der Waals surface area (Å²) in [6.07, 6.45) is 1.95. The highest BCUT2D eigenvalue weighted by Crippen LogP contribution is 2.12. The number of aliphatic imine (C=N–C) groups is 1. The molecule has 148 valence electrons. The molecule has 27 heavy (non-hydrogen) atoms. The largest absolute Gasteiger partial charge is 0.378 e. The second-order valence-electron chi connectivity index (χ2n) is 7.00. The van der Waals surface area contributed by atoms with Crippen LogP contribution in [0.4, 0.5) is 5.69 Å². The Morgan fingerprint density at radius 2 is 1.89 bits per heavy atom. The summed E-state index contributed by atoms with van der Waals surface area (Å²) < 4.78 is 2.06. The number of aromatic nitrogens is 2. The third-order valence-electron chi connectivity index (χ3n) is 4.40. The van der Waals surface area contributed by atoms with E-state index in [4.69, 9.17) is 0 Å². The number of rotatable bonds is 9. The highest BCUT2D eigenvalue weighted by Gasteiger charge is 2.01. The Morgan fingerprint density at radius 1 is 1.15 bits per heavy atom. The Labute approximate surface area is 163 Å². The number of hydrogen-bond donors (Lipinski definition) is 2. The number of guanidine groups is 1. The van der Waals surface area contributed by atoms with Crippen LogP contribution < -0.4 is 15.5 Å². The number of anilines is 1. The molecule has 0 aliphatic heterocycles. The molecule has 2 N–H and O–H groups in total. The number of hydrogen-bond acceptors (Lipinski definition) is 3. The first-order valence-corrected chi connectivity index (χ1v) is 9.79. The SMILES string of the molecule is CCNC(=NCCCn1nc(C)cc1C)NCCc1ccc(N(C)C)cc1. The summed E-state index contributed by atoms with van der Waals surface area (Å²) in [5, 5.41) is 11.2. The van der Waals surface area contributed by atoms with Crippen LogP contribution in [0.3, 0.4) is 0 Å². The van der Waals surface area contributed by atoms with Gasteiger partial charge in [-0.2, -0.15) is 5.10 Å². The molecule has 1 aromatic carbocycles. The smallest absolute Gasteiger partial charge is 0.191 e. The van der Waals surface area contributed by atoms with Crippen LogP contribution >= 0.6 is 0 Å². The highest BCUT2D eigenvalue weighted by molar-refractivity contribution is 5.79. The first-order chi connectivity index (χ1) is 13.0. The molecular formula is C21H34N6. The van der Waals surface area contributed by atoms with Gasteiger partial charge in [-0.1, -0.05) is 12.1 Å². The number of nitrogens with one attached hydrogen (secondary N) is 2. The lowest BCUT2D eigenvalue weighted by molar-refractivity contribution is 0.567. The predicted molar refractivity (Wildman–Crippen MR) is 115 cm³/mol. The van der Waals surface area contributed by atoms with E-state index < -0.39 is 0 Å². The summed E-state index contributed by atoms with van der Waals surface area (Å²) in [5.41, 5.74) is 4.84. The monoisotopic (exact) mass is 370 g/mol. The Morgan fingerprint density at radius 3 is 2.48 bits per heavy atom. The standard InChI is InChI=1S/C21H34N6/c1-6-22-21(23-13-7-15-27-18(3)16-17(2)25-27)24-14-12-19-8-10-20(11-9-19)26(4)5/h8-11,16H,6-7,12-15H2,1-5H3,(H2,22,23,24). The van der Waals surface area contributed by atoms with Crippen molar-refractivity contribution in [2.75, 3.05) is 38.6 Å². The van der Waals surface area contributed by atoms with Crippen LogP contribution in [-0.4, -0.2) is 49.5 Å². The third-order valence-corrected chi connectivity index (χ3v) is 4.40. The van der Waals surface area contributed by atoms with E-state index in [0.717, 1.165) is 50.7 Å². The van der Waals surface area contributed by atoms with Gasteiger partial charge in [-0.15, -0.1) is 0 Å². The summed E-state index contributed by atoms with van der Waals surface area (Å²) in [6.45, 7) is 9.63. The van der Waals surface area contributed by atoms with Crippen molar-refractivity contribution in [1.29, 1.82) is 0 Å². The molecule has 0 amide bonds. The van der Waals surface area contributed by atoms with Crippen molar-refractivity contribution in [3.63, 3.8) is 0 Å². The minimum atomic E-state index is 0.783. The molecule has 0 radical (unpaired) electrons. The summed E-state index contributed by atoms with van der Waals surface area (Å²) in [4.78, 5) is 6.80. The fraction of sp³-hybridized carbons (Fsp3) is 0.524. The molecular weight excluding hydrogens is 336 g/mol. The van der Waals surface area contributed by atoms with Crippen molar-refractivity contribution < 1.29 is 0 Å². The molecule has 0 saturated carbocycles. The molecule has 0 aliphatic carbocycles. The molecule has 2 aromatic rings. The van der Waals surface area contributed by atoms with Gasteiger partial charge in [0, 0.05) is 51.7 Å². The predicted octanol–water partition coefficient (Wildman–Crippen LogP) is 2.75. The van der Waals surface area contributed by atoms with Gasteiger partial charge in [0.2, 0.25) is 0 Å². The lowest BCUT2D eigenvalue weighted by Gasteiger charge is -2.14. The molecule has 6 heteroatoms. The Balaban J connectivity index is 1.76. The van der Waals surface area contributed by atoms with E-state index in [-0.39, 0.29) is 0 Å². The van der Waals surface area contributed by atoms with Gasteiger partial charge in [0.25, 0.3) is 0 Å². The van der Waals surface area contributed by atoms with E-state index >= 15 is 0 Å². The second-order valence-corrected chi connectivity index (χ2v) is 7.00. The molecule has 0 fully saturated rings. The van der Waals surface area contributed by atoms with Crippen LogP contribution in [0, 0.1) is 13.8 Å². The normalized spacial score (nSPS) is 11.5. The summed E-state index contributed by atoms with van der Waals surface area (Å²) in [5.74, 6) is 0.885. The molecule has 1 aromatic heterocycles. The van der Waals surface area contributed by atoms with Crippen molar-refractivity contribution in [3.8, 4) is 0 Å². The lowest BCUT2D eigenvalue weighted by Crippen LogP contribution is -2.38. The average Bonchev–Trinajstić information content (AvgIpc) is 2.96. The van der Waals surface area contributed by atoms with E-state index in [9.17, 15) is 0 Å². The maximum atomic E-state index is 4.68. The van der Waals surface area contributed by atoms with Crippen LogP contribution in [0.25, 0.3) is 0 Å². The van der Waals surface area contributed by atoms with Gasteiger partial charge in [0.15, 0.2) is 5.96 Å². The van der Waals surface area contributed by atoms with E-state index in [0.29, 0.717) is 0 Å². The maximum Gasteiger partial charge on any atom is 0.191 e. The van der Waals surface area contributed by atoms with Crippen molar-refractivity contribution >= 4 is 11.6 Å². The molecule has 0 bridgehead atoms. The maximum absolute atomic E-state index is 4.68. The minimum Gasteiger partial charge on any atom is -0.378 e. The van der Waals surface area contributed by atoms with Gasteiger partial charge in [0.1, 0.15) is 0 Å². The van der Waals surface area contributed by atoms with E-state index in [2.05, 4.69) is 88.6 Å². The van der Waals surface area contributed by atoms with Crippen molar-refractivity contribution in [2.45, 2.75) is 40.2 Å². The van der Waals surface area contributed by atoms with E-state index in [1.54, 1.807) is 0 Å². The van der Waals surface area contributed by atoms with Crippen molar-refractivity contribution in [3.05, 3.63) is 47.3 Å². The molecule has 2 rings (SSSR count). The van der Waals surface area contributed by atoms with Crippen LogP contribution in [0.5, 0.6) is 0 Å². The van der Waals surface area contributed by atoms with Crippen LogP contribution in [0.2, 0.25) is 0 Å². The number of benzene rings is 1. The Bertz CT molecular complexity index is 715. The zero-order chi connectivity index (χ0) is 19.6. The van der Waals surface area contributed by atoms with Crippen molar-refractivity contribution in [1.82, 2.24) is 20.4 Å². The Kier molecular flexibility index (Phi) is 8.17. The third kappa shape index (κ3) is 6.96. The fourth-order valence-electron chi connectivity index (χ4n) is 2.94. The van der Waals surface area contributed by atoms with Crippen LogP contribution in [0.1, 0.15) is 30.3 Å². The molecule has 0 spiro atoms. The molecule has 1 heterocycles. The first-order valence-electron chi connectivity index (χ1n) is 9.79. The zero-order valence-corrected chi connectivity index (χ0v) is 17.4. The van der Waals surface area contributed by atoms with Crippen LogP contribution in [0.15, 0.2) is 35.3 Å². The quantitative estimate of drug-likeness (QED) is 0.405. The van der Waals surface area contributed by atoms with E-state index in [1.807, 2.05) is 6.92 Å². The number of aryl methyl sites for hydroxylation is 3. The molecule has 0 atom stereocenters. The van der Waals surface area contributed by atoms with Gasteiger partial charge in [-0.25, -0.2) is 0 Å². The molecule has 0 unspecified atom stereocenters. The average molecular weight is 371 g/mol. The van der Waals surface area contributed by atoms with Crippen molar-refractivity contribution in [2.24, 2.45) is 4.99 Å². The fourth-order valence-corrected chi connectivity index (χ4v) is 2.94. The lowest BCUT2D eigenvalue weighted by atomic mass is 10.1. The number of nitrogens with zero attached hydrogens (tertiary/aromatic N) is 4. The first kappa shape index (κ1) is 20.8. The molecule has 6 nitrogen and oxygen atoms in total. The van der Waals surface area contributed by atoms with E-state index in [1.165, 1.54) is 16.9 Å².